The van der Waals surface area contributed by atoms with E-state index in [0.29, 0.717) is 36.4 Å². The second-order valence-corrected chi connectivity index (χ2v) is 9.61. The van der Waals surface area contributed by atoms with Gasteiger partial charge in [-0.2, -0.15) is 0 Å². The van der Waals surface area contributed by atoms with Gasteiger partial charge in [-0.05, 0) is 85.5 Å². The number of amides is 1. The van der Waals surface area contributed by atoms with Crippen molar-refractivity contribution in [2.24, 2.45) is 29.6 Å². The van der Waals surface area contributed by atoms with Crippen LogP contribution in [0, 0.1) is 29.6 Å². The van der Waals surface area contributed by atoms with Gasteiger partial charge in [0.05, 0.1) is 20.1 Å². The van der Waals surface area contributed by atoms with Gasteiger partial charge in [-0.15, -0.1) is 0 Å². The monoisotopic (exact) mass is 413 g/mol. The minimum Gasteiger partial charge on any atom is -0.493 e. The first-order chi connectivity index (χ1) is 14.6. The fourth-order valence-corrected chi connectivity index (χ4v) is 6.73. The summed E-state index contributed by atoms with van der Waals surface area (Å²) in [5, 5.41) is 0. The second-order valence-electron chi connectivity index (χ2n) is 9.61. The van der Waals surface area contributed by atoms with E-state index in [0.717, 1.165) is 23.8 Å². The average molecular weight is 414 g/mol. The number of ether oxygens (including phenoxy) is 3. The Morgan fingerprint density at radius 2 is 1.53 bits per heavy atom. The third kappa shape index (κ3) is 3.44. The fraction of sp³-hybridized carbons (Fsp3) is 0.667. The van der Waals surface area contributed by atoms with E-state index in [1.807, 2.05) is 12.1 Å². The van der Waals surface area contributed by atoms with Gasteiger partial charge in [0, 0.05) is 13.1 Å². The van der Waals surface area contributed by atoms with Crippen LogP contribution in [0.15, 0.2) is 12.1 Å². The zero-order valence-corrected chi connectivity index (χ0v) is 17.9. The Morgan fingerprint density at radius 1 is 0.933 bits per heavy atom. The third-order valence-electron chi connectivity index (χ3n) is 7.91. The van der Waals surface area contributed by atoms with Gasteiger partial charge < -0.3 is 19.1 Å². The summed E-state index contributed by atoms with van der Waals surface area (Å²) in [6.07, 6.45) is 6.82. The minimum atomic E-state index is -0.149. The molecule has 1 amide bonds. The molecule has 5 aliphatic rings. The maximum Gasteiger partial charge on any atom is 0.310 e. The highest BCUT2D eigenvalue weighted by Gasteiger charge is 2.51. The highest BCUT2D eigenvalue weighted by molar-refractivity contribution is 5.82. The van der Waals surface area contributed by atoms with E-state index >= 15 is 0 Å². The summed E-state index contributed by atoms with van der Waals surface area (Å²) >= 11 is 0. The summed E-state index contributed by atoms with van der Waals surface area (Å²) in [4.78, 5) is 27.4. The zero-order valence-electron chi connectivity index (χ0n) is 17.9. The van der Waals surface area contributed by atoms with Gasteiger partial charge in [-0.1, -0.05) is 0 Å². The minimum absolute atomic E-state index is 0.0180. The highest BCUT2D eigenvalue weighted by Crippen LogP contribution is 2.56. The van der Waals surface area contributed by atoms with Gasteiger partial charge in [0.1, 0.15) is 0 Å². The first kappa shape index (κ1) is 19.7. The number of carbonyl (C=O) groups is 2. The maximum absolute atomic E-state index is 12.8. The van der Waals surface area contributed by atoms with Gasteiger partial charge in [-0.3, -0.25) is 9.59 Å². The summed E-state index contributed by atoms with van der Waals surface area (Å²) in [6, 6.07) is 3.93. The largest absolute Gasteiger partial charge is 0.493 e. The zero-order chi connectivity index (χ0) is 20.8. The van der Waals surface area contributed by atoms with Gasteiger partial charge in [0.15, 0.2) is 18.1 Å². The summed E-state index contributed by atoms with van der Waals surface area (Å²) in [5.41, 5.74) is 2.22. The predicted molar refractivity (Wildman–Crippen MR) is 110 cm³/mol. The number of carbonyl (C=O) groups excluding carboxylic acids is 2. The lowest BCUT2D eigenvalue weighted by Gasteiger charge is -2.53. The molecule has 6 nitrogen and oxygen atoms in total. The third-order valence-corrected chi connectivity index (χ3v) is 7.91. The van der Waals surface area contributed by atoms with E-state index < -0.39 is 0 Å². The van der Waals surface area contributed by atoms with E-state index in [9.17, 15) is 9.59 Å². The molecule has 1 aromatic carbocycles. The molecule has 30 heavy (non-hydrogen) atoms. The Hall–Kier alpha value is -2.24. The number of rotatable bonds is 5. The van der Waals surface area contributed by atoms with Crippen LogP contribution in [0.4, 0.5) is 0 Å². The molecule has 4 bridgehead atoms. The second kappa shape index (κ2) is 7.78. The van der Waals surface area contributed by atoms with Crippen molar-refractivity contribution in [3.05, 3.63) is 23.3 Å². The smallest absolute Gasteiger partial charge is 0.310 e. The number of benzene rings is 1. The molecule has 0 saturated heterocycles. The molecule has 162 valence electrons. The Balaban J connectivity index is 1.19. The van der Waals surface area contributed by atoms with Gasteiger partial charge in [0.25, 0.3) is 5.91 Å². The van der Waals surface area contributed by atoms with Crippen molar-refractivity contribution >= 4 is 11.9 Å². The number of hydrogen-bond acceptors (Lipinski definition) is 5. The van der Waals surface area contributed by atoms with Crippen molar-refractivity contribution in [2.75, 3.05) is 27.4 Å². The Kier molecular flexibility index (Phi) is 5.11. The molecular weight excluding hydrogens is 382 g/mol. The van der Waals surface area contributed by atoms with E-state index in [-0.39, 0.29) is 24.4 Å². The normalized spacial score (nSPS) is 31.3. The quantitative estimate of drug-likeness (QED) is 0.694. The molecular formula is C24H31NO5. The number of hydrogen-bond donors (Lipinski definition) is 0. The molecule has 1 aromatic rings. The SMILES string of the molecule is COc1cc2c(cc1OC)CN(C(=O)COC(=O)C1C3CC4CC(C3)CC1C4)CC2. The number of methoxy groups -OCH3 is 2. The summed E-state index contributed by atoms with van der Waals surface area (Å²) in [5.74, 6) is 3.74. The van der Waals surface area contributed by atoms with Crippen LogP contribution in [0.3, 0.4) is 0 Å². The molecule has 6 rings (SSSR count). The van der Waals surface area contributed by atoms with Crippen LogP contribution in [-0.4, -0.2) is 44.1 Å². The molecule has 0 spiro atoms. The maximum atomic E-state index is 12.8. The molecule has 1 aliphatic heterocycles. The molecule has 0 aromatic heterocycles. The van der Waals surface area contributed by atoms with Crippen LogP contribution >= 0.6 is 0 Å². The van der Waals surface area contributed by atoms with Crippen LogP contribution in [0.1, 0.15) is 43.2 Å². The lowest BCUT2D eigenvalue weighted by Crippen LogP contribution is -2.49. The first-order valence-electron chi connectivity index (χ1n) is 11.2. The first-order valence-corrected chi connectivity index (χ1v) is 11.2. The summed E-state index contributed by atoms with van der Waals surface area (Å²) < 4.78 is 16.3. The van der Waals surface area contributed by atoms with Crippen LogP contribution in [0.2, 0.25) is 0 Å². The lowest BCUT2D eigenvalue weighted by molar-refractivity contribution is -0.166. The van der Waals surface area contributed by atoms with E-state index in [1.165, 1.54) is 37.7 Å². The van der Waals surface area contributed by atoms with Crippen LogP contribution in [0.5, 0.6) is 11.5 Å². The van der Waals surface area contributed by atoms with E-state index in [1.54, 1.807) is 19.1 Å². The van der Waals surface area contributed by atoms with Crippen molar-refractivity contribution in [3.63, 3.8) is 0 Å². The van der Waals surface area contributed by atoms with Crippen molar-refractivity contribution in [1.29, 1.82) is 0 Å². The molecule has 0 atom stereocenters. The van der Waals surface area contributed by atoms with Crippen molar-refractivity contribution < 1.29 is 23.8 Å². The van der Waals surface area contributed by atoms with Crippen molar-refractivity contribution in [3.8, 4) is 11.5 Å². The number of esters is 1. The summed E-state index contributed by atoms with van der Waals surface area (Å²) in [6.45, 7) is 0.977. The number of nitrogens with zero attached hydrogens (tertiary/aromatic N) is 1. The Labute approximate surface area is 177 Å². The van der Waals surface area contributed by atoms with Gasteiger partial charge in [0.2, 0.25) is 0 Å². The predicted octanol–water partition coefficient (Wildman–Crippen LogP) is 3.20. The van der Waals surface area contributed by atoms with Gasteiger partial charge >= 0.3 is 5.97 Å². The molecule has 0 unspecified atom stereocenters. The summed E-state index contributed by atoms with van der Waals surface area (Å²) in [7, 11) is 3.24. The van der Waals surface area contributed by atoms with Crippen LogP contribution in [-0.2, 0) is 27.3 Å². The topological polar surface area (TPSA) is 65.1 Å². The van der Waals surface area contributed by atoms with E-state index in [4.69, 9.17) is 14.2 Å². The molecule has 1 heterocycles. The molecule has 4 fully saturated rings. The molecule has 0 N–H and O–H groups in total. The standard InChI is InChI=1S/C24H31NO5/c1-28-20-10-16-3-4-25(12-19(16)11-21(20)29-2)22(26)13-30-24(27)23-17-6-14-5-15(8-17)9-18(23)7-14/h10-11,14-15,17-18,23H,3-9,12-13H2,1-2H3. The van der Waals surface area contributed by atoms with Crippen LogP contribution in [0.25, 0.3) is 0 Å². The fourth-order valence-electron chi connectivity index (χ4n) is 6.73. The molecule has 6 heteroatoms. The van der Waals surface area contributed by atoms with E-state index in [2.05, 4.69) is 0 Å². The highest BCUT2D eigenvalue weighted by atomic mass is 16.5. The van der Waals surface area contributed by atoms with Crippen molar-refractivity contribution in [1.82, 2.24) is 4.90 Å². The molecule has 4 saturated carbocycles. The van der Waals surface area contributed by atoms with Gasteiger partial charge in [-0.25, -0.2) is 0 Å². The average Bonchev–Trinajstić information content (AvgIpc) is 2.75. The Bertz CT molecular complexity index is 822. The van der Waals surface area contributed by atoms with Crippen molar-refractivity contribution in [2.45, 2.75) is 45.1 Å². The molecule has 0 radical (unpaired) electrons. The lowest BCUT2D eigenvalue weighted by atomic mass is 9.52. The molecule has 4 aliphatic carbocycles. The number of fused-ring (bicyclic) bond motifs is 1. The van der Waals surface area contributed by atoms with Crippen LogP contribution < -0.4 is 9.47 Å². The Morgan fingerprint density at radius 3 is 2.13 bits per heavy atom.